The molecule has 112 valence electrons. The van der Waals surface area contributed by atoms with Gasteiger partial charge in [0.1, 0.15) is 0 Å². The van der Waals surface area contributed by atoms with Crippen molar-refractivity contribution in [1.29, 1.82) is 0 Å². The summed E-state index contributed by atoms with van der Waals surface area (Å²) >= 11 is 0. The lowest BCUT2D eigenvalue weighted by Crippen LogP contribution is -2.36. The molecule has 0 amide bonds. The lowest BCUT2D eigenvalue weighted by molar-refractivity contribution is -0.182. The number of rotatable bonds is 3. The Morgan fingerprint density at radius 2 is 1.55 bits per heavy atom. The molecular formula is C16H22F3N. The molecule has 0 saturated heterocycles. The Bertz CT molecular complexity index is 425. The SMILES string of the molecule is Cc1cc(C)cc(CNC2CCC(C(F)(F)F)CC2)c1. The zero-order valence-corrected chi connectivity index (χ0v) is 12.1. The third-order valence-electron chi connectivity index (χ3n) is 4.07. The van der Waals surface area contributed by atoms with Crippen molar-refractivity contribution in [1.82, 2.24) is 5.32 Å². The average molecular weight is 285 g/mol. The van der Waals surface area contributed by atoms with E-state index in [1.165, 1.54) is 16.7 Å². The van der Waals surface area contributed by atoms with Gasteiger partial charge < -0.3 is 5.32 Å². The summed E-state index contributed by atoms with van der Waals surface area (Å²) in [5, 5.41) is 3.40. The van der Waals surface area contributed by atoms with Gasteiger partial charge in [0.25, 0.3) is 0 Å². The fraction of sp³-hybridized carbons (Fsp3) is 0.625. The molecule has 20 heavy (non-hydrogen) atoms. The van der Waals surface area contributed by atoms with Gasteiger partial charge in [0.2, 0.25) is 0 Å². The lowest BCUT2D eigenvalue weighted by Gasteiger charge is -2.30. The fourth-order valence-electron chi connectivity index (χ4n) is 3.06. The zero-order valence-electron chi connectivity index (χ0n) is 12.1. The van der Waals surface area contributed by atoms with Crippen LogP contribution in [0.25, 0.3) is 0 Å². The second-order valence-electron chi connectivity index (χ2n) is 5.97. The van der Waals surface area contributed by atoms with Crippen LogP contribution in [0, 0.1) is 19.8 Å². The molecule has 0 heterocycles. The highest BCUT2D eigenvalue weighted by Crippen LogP contribution is 2.37. The summed E-state index contributed by atoms with van der Waals surface area (Å²) in [6.07, 6.45) is -2.26. The molecule has 1 aliphatic carbocycles. The molecule has 1 aliphatic rings. The number of hydrogen-bond donors (Lipinski definition) is 1. The third-order valence-corrected chi connectivity index (χ3v) is 4.07. The third kappa shape index (κ3) is 4.23. The van der Waals surface area contributed by atoms with E-state index in [4.69, 9.17) is 0 Å². The second-order valence-corrected chi connectivity index (χ2v) is 5.97. The first-order valence-electron chi connectivity index (χ1n) is 7.22. The first-order chi connectivity index (χ1) is 9.34. The predicted octanol–water partition coefficient (Wildman–Crippen LogP) is 4.51. The monoisotopic (exact) mass is 285 g/mol. The Morgan fingerprint density at radius 3 is 2.05 bits per heavy atom. The maximum Gasteiger partial charge on any atom is 0.391 e. The standard InChI is InChI=1S/C16H22F3N/c1-11-7-12(2)9-13(8-11)10-20-15-5-3-14(4-6-15)16(17,18)19/h7-9,14-15,20H,3-6,10H2,1-2H3. The highest BCUT2D eigenvalue weighted by Gasteiger charge is 2.41. The molecule has 0 aromatic heterocycles. The van der Waals surface area contributed by atoms with Crippen molar-refractivity contribution in [2.75, 3.05) is 0 Å². The Balaban J connectivity index is 1.81. The number of hydrogen-bond acceptors (Lipinski definition) is 1. The Labute approximate surface area is 118 Å². The Hall–Kier alpha value is -1.03. The van der Waals surface area contributed by atoms with Gasteiger partial charge in [-0.05, 0) is 45.1 Å². The van der Waals surface area contributed by atoms with Gasteiger partial charge in [0, 0.05) is 12.6 Å². The van der Waals surface area contributed by atoms with E-state index < -0.39 is 12.1 Å². The molecule has 0 atom stereocenters. The highest BCUT2D eigenvalue weighted by atomic mass is 19.4. The van der Waals surface area contributed by atoms with Crippen LogP contribution in [0.2, 0.25) is 0 Å². The van der Waals surface area contributed by atoms with E-state index in [1.807, 2.05) is 0 Å². The topological polar surface area (TPSA) is 12.0 Å². The quantitative estimate of drug-likeness (QED) is 0.861. The van der Waals surface area contributed by atoms with Crippen molar-refractivity contribution in [3.63, 3.8) is 0 Å². The van der Waals surface area contributed by atoms with Gasteiger partial charge >= 0.3 is 6.18 Å². The van der Waals surface area contributed by atoms with Gasteiger partial charge in [-0.2, -0.15) is 13.2 Å². The maximum absolute atomic E-state index is 12.6. The molecule has 1 fully saturated rings. The molecule has 0 bridgehead atoms. The molecule has 1 nitrogen and oxygen atoms in total. The molecule has 1 saturated carbocycles. The van der Waals surface area contributed by atoms with Gasteiger partial charge in [-0.1, -0.05) is 29.3 Å². The summed E-state index contributed by atoms with van der Waals surface area (Å²) in [5.74, 6) is -1.10. The number of benzene rings is 1. The normalized spacial score (nSPS) is 23.9. The van der Waals surface area contributed by atoms with Gasteiger partial charge in [-0.3, -0.25) is 0 Å². The zero-order chi connectivity index (χ0) is 14.8. The Morgan fingerprint density at radius 1 is 1.00 bits per heavy atom. The summed E-state index contributed by atoms with van der Waals surface area (Å²) in [6.45, 7) is 4.86. The van der Waals surface area contributed by atoms with Crippen LogP contribution in [-0.4, -0.2) is 12.2 Å². The average Bonchev–Trinajstić information content (AvgIpc) is 2.35. The van der Waals surface area contributed by atoms with E-state index in [2.05, 4.69) is 37.4 Å². The highest BCUT2D eigenvalue weighted by molar-refractivity contribution is 5.28. The molecule has 0 unspecified atom stereocenters. The predicted molar refractivity (Wildman–Crippen MR) is 74.6 cm³/mol. The lowest BCUT2D eigenvalue weighted by atomic mass is 9.85. The maximum atomic E-state index is 12.6. The fourth-order valence-corrected chi connectivity index (χ4v) is 3.06. The first-order valence-corrected chi connectivity index (χ1v) is 7.22. The number of alkyl halides is 3. The molecular weight excluding hydrogens is 263 g/mol. The van der Waals surface area contributed by atoms with Crippen LogP contribution in [0.4, 0.5) is 13.2 Å². The van der Waals surface area contributed by atoms with E-state index in [0.717, 1.165) is 6.54 Å². The van der Waals surface area contributed by atoms with Crippen molar-refractivity contribution in [2.24, 2.45) is 5.92 Å². The van der Waals surface area contributed by atoms with E-state index in [1.54, 1.807) is 0 Å². The molecule has 0 radical (unpaired) electrons. The number of nitrogens with one attached hydrogen (secondary N) is 1. The summed E-state index contributed by atoms with van der Waals surface area (Å²) in [6, 6.07) is 6.59. The molecule has 2 rings (SSSR count). The summed E-state index contributed by atoms with van der Waals surface area (Å²) in [7, 11) is 0. The minimum atomic E-state index is -4.02. The molecule has 1 N–H and O–H groups in total. The first kappa shape index (κ1) is 15.4. The van der Waals surface area contributed by atoms with Crippen molar-refractivity contribution < 1.29 is 13.2 Å². The largest absolute Gasteiger partial charge is 0.391 e. The smallest absolute Gasteiger partial charge is 0.310 e. The van der Waals surface area contributed by atoms with E-state index in [9.17, 15) is 13.2 Å². The number of halogens is 3. The Kier molecular flexibility index (Phi) is 4.74. The van der Waals surface area contributed by atoms with E-state index >= 15 is 0 Å². The summed E-state index contributed by atoms with van der Waals surface area (Å²) in [5.41, 5.74) is 3.66. The van der Waals surface area contributed by atoms with Crippen molar-refractivity contribution in [3.05, 3.63) is 34.9 Å². The summed E-state index contributed by atoms with van der Waals surface area (Å²) in [4.78, 5) is 0. The summed E-state index contributed by atoms with van der Waals surface area (Å²) < 4.78 is 37.8. The van der Waals surface area contributed by atoms with Gasteiger partial charge in [-0.15, -0.1) is 0 Å². The van der Waals surface area contributed by atoms with Crippen molar-refractivity contribution in [2.45, 2.75) is 58.3 Å². The molecule has 0 spiro atoms. The number of aryl methyl sites for hydroxylation is 2. The van der Waals surface area contributed by atoms with Crippen LogP contribution >= 0.6 is 0 Å². The van der Waals surface area contributed by atoms with Crippen LogP contribution in [0.3, 0.4) is 0 Å². The van der Waals surface area contributed by atoms with Gasteiger partial charge in [0.15, 0.2) is 0 Å². The van der Waals surface area contributed by atoms with Crippen LogP contribution in [-0.2, 0) is 6.54 Å². The second kappa shape index (κ2) is 6.17. The van der Waals surface area contributed by atoms with Crippen LogP contribution in [0.5, 0.6) is 0 Å². The van der Waals surface area contributed by atoms with Crippen LogP contribution in [0.1, 0.15) is 42.4 Å². The molecule has 0 aliphatic heterocycles. The van der Waals surface area contributed by atoms with Gasteiger partial charge in [-0.25, -0.2) is 0 Å². The minimum Gasteiger partial charge on any atom is -0.310 e. The molecule has 4 heteroatoms. The van der Waals surface area contributed by atoms with E-state index in [0.29, 0.717) is 12.8 Å². The van der Waals surface area contributed by atoms with Gasteiger partial charge in [0.05, 0.1) is 5.92 Å². The van der Waals surface area contributed by atoms with Crippen LogP contribution < -0.4 is 5.32 Å². The van der Waals surface area contributed by atoms with Crippen LogP contribution in [0.15, 0.2) is 18.2 Å². The molecule has 1 aromatic rings. The van der Waals surface area contributed by atoms with E-state index in [-0.39, 0.29) is 18.9 Å². The van der Waals surface area contributed by atoms with Crippen molar-refractivity contribution >= 4 is 0 Å². The van der Waals surface area contributed by atoms with Crippen molar-refractivity contribution in [3.8, 4) is 0 Å². The molecule has 1 aromatic carbocycles. The minimum absolute atomic E-state index is 0.217.